The Morgan fingerprint density at radius 3 is 1.65 bits per heavy atom. The molecular formula is C55H95NO10. The SMILES string of the molecule is CCCCC/C=C\C/C=C\CCCCCCCC(=O)OCCCCCCCC/C=C\C/C=C\CCC(=O)NC(COC1OC(CO)C(O)C(O)C1O)C(O)/C=C/CC/C=C/CCCCCC. The van der Waals surface area contributed by atoms with Crippen LogP contribution in [0.5, 0.6) is 0 Å². The Balaban J connectivity index is 2.20. The molecule has 6 N–H and O–H groups in total. The quantitative estimate of drug-likeness (QED) is 0.0196. The van der Waals surface area contributed by atoms with Gasteiger partial charge in [-0.15, -0.1) is 0 Å². The Bertz CT molecular complexity index is 1330. The third kappa shape index (κ3) is 34.4. The lowest BCUT2D eigenvalue weighted by Crippen LogP contribution is -2.60. The summed E-state index contributed by atoms with van der Waals surface area (Å²) in [7, 11) is 0. The van der Waals surface area contributed by atoms with Crippen LogP contribution in [-0.2, 0) is 23.8 Å². The van der Waals surface area contributed by atoms with Crippen molar-refractivity contribution in [3.05, 3.63) is 72.9 Å². The molecule has 0 aromatic rings. The molecule has 7 atom stereocenters. The van der Waals surface area contributed by atoms with Crippen molar-refractivity contribution in [2.45, 2.75) is 243 Å². The molecule has 1 amide bonds. The summed E-state index contributed by atoms with van der Waals surface area (Å²) in [6.45, 7) is 4.13. The van der Waals surface area contributed by atoms with E-state index >= 15 is 0 Å². The van der Waals surface area contributed by atoms with Gasteiger partial charge in [0, 0.05) is 12.8 Å². The van der Waals surface area contributed by atoms with Crippen LogP contribution in [0.2, 0.25) is 0 Å². The van der Waals surface area contributed by atoms with Gasteiger partial charge in [-0.05, 0) is 96.3 Å². The number of amides is 1. The lowest BCUT2D eigenvalue weighted by Gasteiger charge is -2.40. The van der Waals surface area contributed by atoms with E-state index in [9.17, 15) is 35.1 Å². The summed E-state index contributed by atoms with van der Waals surface area (Å²) >= 11 is 0. The zero-order valence-corrected chi connectivity index (χ0v) is 41.4. The Morgan fingerprint density at radius 1 is 0.561 bits per heavy atom. The third-order valence-electron chi connectivity index (χ3n) is 11.8. The van der Waals surface area contributed by atoms with Gasteiger partial charge in [0.15, 0.2) is 6.29 Å². The zero-order chi connectivity index (χ0) is 48.1. The number of hydrogen-bond donors (Lipinski definition) is 6. The van der Waals surface area contributed by atoms with Gasteiger partial charge in [-0.25, -0.2) is 0 Å². The molecule has 11 heteroatoms. The molecule has 0 saturated carbocycles. The minimum atomic E-state index is -1.59. The lowest BCUT2D eigenvalue weighted by molar-refractivity contribution is -0.302. The van der Waals surface area contributed by atoms with E-state index in [1.165, 1.54) is 83.5 Å². The number of ether oxygens (including phenoxy) is 3. The van der Waals surface area contributed by atoms with Crippen LogP contribution in [0.25, 0.3) is 0 Å². The van der Waals surface area contributed by atoms with E-state index in [1.807, 2.05) is 18.2 Å². The fourth-order valence-electron chi connectivity index (χ4n) is 7.53. The number of unbranched alkanes of at least 4 members (excludes halogenated alkanes) is 19. The van der Waals surface area contributed by atoms with Crippen LogP contribution in [0.15, 0.2) is 72.9 Å². The average Bonchev–Trinajstić information content (AvgIpc) is 3.31. The van der Waals surface area contributed by atoms with E-state index in [0.29, 0.717) is 19.4 Å². The van der Waals surface area contributed by atoms with Crippen molar-refractivity contribution in [1.29, 1.82) is 0 Å². The average molecular weight is 930 g/mol. The summed E-state index contributed by atoms with van der Waals surface area (Å²) in [5, 5.41) is 54.0. The summed E-state index contributed by atoms with van der Waals surface area (Å²) in [6.07, 6.45) is 47.2. The third-order valence-corrected chi connectivity index (χ3v) is 11.8. The number of allylic oxidation sites excluding steroid dienone is 11. The first kappa shape index (κ1) is 61.1. The van der Waals surface area contributed by atoms with Gasteiger partial charge in [-0.2, -0.15) is 0 Å². The summed E-state index contributed by atoms with van der Waals surface area (Å²) < 4.78 is 16.6. The molecule has 1 aliphatic heterocycles. The highest BCUT2D eigenvalue weighted by Crippen LogP contribution is 2.22. The van der Waals surface area contributed by atoms with E-state index in [4.69, 9.17) is 14.2 Å². The van der Waals surface area contributed by atoms with Gasteiger partial charge in [0.1, 0.15) is 24.4 Å². The van der Waals surface area contributed by atoms with Crippen molar-refractivity contribution >= 4 is 11.9 Å². The molecule has 1 aliphatic rings. The Labute approximate surface area is 400 Å². The molecule has 7 unspecified atom stereocenters. The minimum absolute atomic E-state index is 0.0561. The van der Waals surface area contributed by atoms with E-state index in [1.54, 1.807) is 6.08 Å². The van der Waals surface area contributed by atoms with Crippen LogP contribution in [0.4, 0.5) is 0 Å². The molecule has 0 radical (unpaired) electrons. The van der Waals surface area contributed by atoms with Gasteiger partial charge in [0.2, 0.25) is 5.91 Å². The number of esters is 1. The summed E-state index contributed by atoms with van der Waals surface area (Å²) in [6, 6.07) is -0.872. The normalized spacial score (nSPS) is 20.3. The van der Waals surface area contributed by atoms with Gasteiger partial charge in [-0.3, -0.25) is 9.59 Å². The molecule has 1 saturated heterocycles. The smallest absolute Gasteiger partial charge is 0.305 e. The summed E-state index contributed by atoms with van der Waals surface area (Å²) in [5.74, 6) is -0.334. The van der Waals surface area contributed by atoms with Crippen molar-refractivity contribution in [2.75, 3.05) is 19.8 Å². The first-order valence-corrected chi connectivity index (χ1v) is 26.2. The number of carbonyl (C=O) groups excluding carboxylic acids is 2. The molecule has 11 nitrogen and oxygen atoms in total. The van der Waals surface area contributed by atoms with Gasteiger partial charge in [-0.1, -0.05) is 164 Å². The Hall–Kier alpha value is -2.90. The summed E-state index contributed by atoms with van der Waals surface area (Å²) in [4.78, 5) is 25.0. The number of hydrogen-bond acceptors (Lipinski definition) is 10. The van der Waals surface area contributed by atoms with Gasteiger partial charge >= 0.3 is 5.97 Å². The van der Waals surface area contributed by atoms with Gasteiger partial charge in [0.25, 0.3) is 0 Å². The Morgan fingerprint density at radius 2 is 1.05 bits per heavy atom. The van der Waals surface area contributed by atoms with Crippen molar-refractivity contribution in [3.8, 4) is 0 Å². The van der Waals surface area contributed by atoms with Crippen molar-refractivity contribution in [2.24, 2.45) is 0 Å². The van der Waals surface area contributed by atoms with Crippen LogP contribution in [-0.4, -0.2) is 100 Å². The van der Waals surface area contributed by atoms with Gasteiger partial charge < -0.3 is 45.1 Å². The molecule has 1 heterocycles. The second-order valence-electron chi connectivity index (χ2n) is 17.8. The fraction of sp³-hybridized carbons (Fsp3) is 0.745. The highest BCUT2D eigenvalue weighted by atomic mass is 16.7. The standard InChI is InChI=1S/C55H95NO10/c1-3-5-7-9-11-13-15-16-17-20-23-27-31-35-39-43-51(60)64-44-40-36-32-28-24-21-18-19-22-26-30-34-38-42-50(59)56-47(46-65-55-54(63)53(62)52(61)49(45-57)66-55)48(58)41-37-33-29-25-14-12-10-8-6-4-2/h11,13-14,16-17,19,22,25,30,34,37,41,47-49,52-55,57-58,61-63H,3-10,12,15,18,20-21,23-24,26-29,31-33,35-36,38-40,42-46H2,1-2H3,(H,56,59)/b13-11-,17-16-,22-19-,25-14+,34-30-,41-37+. The highest BCUT2D eigenvalue weighted by molar-refractivity contribution is 5.76. The fourth-order valence-corrected chi connectivity index (χ4v) is 7.53. The number of aliphatic hydroxyl groups excluding tert-OH is 5. The molecule has 0 aliphatic carbocycles. The van der Waals surface area contributed by atoms with Crippen LogP contribution in [0, 0.1) is 0 Å². The second-order valence-corrected chi connectivity index (χ2v) is 17.8. The van der Waals surface area contributed by atoms with Crippen molar-refractivity contribution in [1.82, 2.24) is 5.32 Å². The maximum Gasteiger partial charge on any atom is 0.305 e. The zero-order valence-electron chi connectivity index (χ0n) is 41.4. The number of rotatable bonds is 43. The first-order valence-electron chi connectivity index (χ1n) is 26.2. The molecule has 1 fully saturated rings. The molecule has 0 aromatic heterocycles. The highest BCUT2D eigenvalue weighted by Gasteiger charge is 2.44. The van der Waals surface area contributed by atoms with E-state index in [0.717, 1.165) is 83.5 Å². The monoisotopic (exact) mass is 930 g/mol. The second kappa shape index (κ2) is 44.6. The molecule has 1 rings (SSSR count). The summed E-state index contributed by atoms with van der Waals surface area (Å²) in [5.41, 5.74) is 0. The van der Waals surface area contributed by atoms with Crippen molar-refractivity contribution < 1.29 is 49.3 Å². The molecule has 66 heavy (non-hydrogen) atoms. The topological polar surface area (TPSA) is 175 Å². The Kier molecular flexibility index (Phi) is 41.3. The van der Waals surface area contributed by atoms with Crippen LogP contribution >= 0.6 is 0 Å². The van der Waals surface area contributed by atoms with Crippen molar-refractivity contribution in [3.63, 3.8) is 0 Å². The molecule has 380 valence electrons. The van der Waals surface area contributed by atoms with Crippen LogP contribution in [0.1, 0.15) is 200 Å². The van der Waals surface area contributed by atoms with E-state index in [2.05, 4.69) is 67.8 Å². The predicted molar refractivity (Wildman–Crippen MR) is 269 cm³/mol. The maximum atomic E-state index is 12.9. The predicted octanol–water partition coefficient (Wildman–Crippen LogP) is 10.9. The molecule has 0 spiro atoms. The molecule has 0 aromatic carbocycles. The largest absolute Gasteiger partial charge is 0.466 e. The number of aliphatic hydroxyl groups is 5. The van der Waals surface area contributed by atoms with Crippen LogP contribution < -0.4 is 5.32 Å². The maximum absolute atomic E-state index is 12.9. The minimum Gasteiger partial charge on any atom is -0.466 e. The van der Waals surface area contributed by atoms with Crippen LogP contribution in [0.3, 0.4) is 0 Å². The molecular weight excluding hydrogens is 835 g/mol. The van der Waals surface area contributed by atoms with E-state index in [-0.39, 0.29) is 24.9 Å². The van der Waals surface area contributed by atoms with Gasteiger partial charge in [0.05, 0.1) is 32.0 Å². The molecule has 0 bridgehead atoms. The number of nitrogens with one attached hydrogen (secondary N) is 1. The van der Waals surface area contributed by atoms with E-state index < -0.39 is 49.5 Å². The lowest BCUT2D eigenvalue weighted by atomic mass is 9.99. The number of carbonyl (C=O) groups is 2. The first-order chi connectivity index (χ1) is 32.2.